The number of rotatable bonds is 2. The Morgan fingerprint density at radius 3 is 2.40 bits per heavy atom. The summed E-state index contributed by atoms with van der Waals surface area (Å²) in [5, 5.41) is 0.253. The molecule has 0 unspecified atom stereocenters. The lowest BCUT2D eigenvalue weighted by atomic mass is 10.2. The van der Waals surface area contributed by atoms with E-state index < -0.39 is 0 Å². The highest BCUT2D eigenvalue weighted by Gasteiger charge is 2.41. The summed E-state index contributed by atoms with van der Waals surface area (Å²) in [6, 6.07) is 0. The average molecular weight is 229 g/mol. The summed E-state index contributed by atoms with van der Waals surface area (Å²) in [6.45, 7) is 5.30. The summed E-state index contributed by atoms with van der Waals surface area (Å²) in [4.78, 5) is 13.9. The highest BCUT2D eigenvalue weighted by molar-refractivity contribution is 8.14. The van der Waals surface area contributed by atoms with Crippen LogP contribution in [0.25, 0.3) is 0 Å². The summed E-state index contributed by atoms with van der Waals surface area (Å²) < 4.78 is 5.37. The van der Waals surface area contributed by atoms with Gasteiger partial charge in [0.25, 0.3) is 0 Å². The van der Waals surface area contributed by atoms with E-state index in [2.05, 4.69) is 4.90 Å². The lowest BCUT2D eigenvalue weighted by molar-refractivity contribution is -0.109. The Bertz CT molecular complexity index is 233. The minimum absolute atomic E-state index is 0.107. The second kappa shape index (κ2) is 4.85. The van der Waals surface area contributed by atoms with Gasteiger partial charge >= 0.3 is 0 Å². The van der Waals surface area contributed by atoms with Crippen molar-refractivity contribution >= 4 is 16.9 Å². The Morgan fingerprint density at radius 1 is 1.27 bits per heavy atom. The van der Waals surface area contributed by atoms with E-state index in [4.69, 9.17) is 4.74 Å². The zero-order valence-electron chi connectivity index (χ0n) is 9.33. The highest BCUT2D eigenvalue weighted by atomic mass is 32.2. The Morgan fingerprint density at radius 2 is 1.87 bits per heavy atom. The molecule has 15 heavy (non-hydrogen) atoms. The van der Waals surface area contributed by atoms with Gasteiger partial charge < -0.3 is 4.74 Å². The third kappa shape index (κ3) is 2.55. The topological polar surface area (TPSA) is 29.5 Å². The quantitative estimate of drug-likeness (QED) is 0.723. The Balaban J connectivity index is 2.06. The predicted octanol–water partition coefficient (Wildman–Crippen LogP) is 1.87. The summed E-state index contributed by atoms with van der Waals surface area (Å²) in [5.74, 6) is 0. The molecule has 2 rings (SSSR count). The van der Waals surface area contributed by atoms with Gasteiger partial charge in [-0.3, -0.25) is 9.69 Å². The van der Waals surface area contributed by atoms with Crippen molar-refractivity contribution < 1.29 is 9.53 Å². The van der Waals surface area contributed by atoms with Crippen LogP contribution in [0.2, 0.25) is 0 Å². The van der Waals surface area contributed by atoms with Gasteiger partial charge in [-0.15, -0.1) is 0 Å². The molecule has 0 radical (unpaired) electrons. The number of hydrogen-bond acceptors (Lipinski definition) is 4. The van der Waals surface area contributed by atoms with Crippen LogP contribution in [0, 0.1) is 0 Å². The molecule has 1 saturated heterocycles. The van der Waals surface area contributed by atoms with Crippen molar-refractivity contribution in [1.82, 2.24) is 4.90 Å². The number of carbonyl (C=O) groups excluding carboxylic acids is 1. The fourth-order valence-corrected chi connectivity index (χ4v) is 3.99. The van der Waals surface area contributed by atoms with Gasteiger partial charge in [-0.2, -0.15) is 0 Å². The van der Waals surface area contributed by atoms with E-state index in [9.17, 15) is 4.79 Å². The molecule has 1 heterocycles. The Labute approximate surface area is 95.5 Å². The number of nitrogens with zero attached hydrogens (tertiary/aromatic N) is 1. The van der Waals surface area contributed by atoms with Crippen LogP contribution in [0.4, 0.5) is 0 Å². The summed E-state index contributed by atoms with van der Waals surface area (Å²) in [7, 11) is 0. The van der Waals surface area contributed by atoms with Gasteiger partial charge in [-0.05, 0) is 12.8 Å². The molecule has 0 spiro atoms. The smallest absolute Gasteiger partial charge is 0.187 e. The number of thioether (sulfide) groups is 1. The molecule has 2 fully saturated rings. The largest absolute Gasteiger partial charge is 0.379 e. The average Bonchev–Trinajstić information content (AvgIpc) is 2.68. The zero-order valence-corrected chi connectivity index (χ0v) is 10.1. The van der Waals surface area contributed by atoms with Gasteiger partial charge in [0.15, 0.2) is 5.12 Å². The molecule has 2 aliphatic rings. The van der Waals surface area contributed by atoms with E-state index >= 15 is 0 Å². The summed E-state index contributed by atoms with van der Waals surface area (Å²) >= 11 is 1.55. The van der Waals surface area contributed by atoms with Gasteiger partial charge in [0, 0.05) is 20.0 Å². The summed E-state index contributed by atoms with van der Waals surface area (Å²) in [6.07, 6.45) is 4.85. The number of morpholine rings is 1. The first-order chi connectivity index (χ1) is 7.23. The lowest BCUT2D eigenvalue weighted by Crippen LogP contribution is -2.50. The lowest BCUT2D eigenvalue weighted by Gasteiger charge is -2.42. The van der Waals surface area contributed by atoms with Crippen molar-refractivity contribution in [3.63, 3.8) is 0 Å². The van der Waals surface area contributed by atoms with Crippen LogP contribution < -0.4 is 0 Å². The monoisotopic (exact) mass is 229 g/mol. The van der Waals surface area contributed by atoms with Crippen molar-refractivity contribution in [1.29, 1.82) is 0 Å². The minimum atomic E-state index is 0.107. The van der Waals surface area contributed by atoms with Crippen molar-refractivity contribution in [2.75, 3.05) is 26.3 Å². The first-order valence-corrected chi connectivity index (χ1v) is 6.57. The van der Waals surface area contributed by atoms with E-state index in [1.165, 1.54) is 12.8 Å². The fraction of sp³-hybridized carbons (Fsp3) is 0.909. The molecule has 0 aromatic rings. The third-order valence-corrected chi connectivity index (χ3v) is 4.64. The van der Waals surface area contributed by atoms with E-state index in [1.54, 1.807) is 18.7 Å². The summed E-state index contributed by atoms with van der Waals surface area (Å²) in [5.41, 5.74) is 0. The molecule has 86 valence electrons. The van der Waals surface area contributed by atoms with E-state index in [-0.39, 0.29) is 9.99 Å². The number of hydrogen-bond donors (Lipinski definition) is 0. The van der Waals surface area contributed by atoms with Crippen LogP contribution in [-0.4, -0.2) is 41.2 Å². The van der Waals surface area contributed by atoms with Crippen LogP contribution in [0.5, 0.6) is 0 Å². The Hall–Kier alpha value is -0.0600. The first kappa shape index (κ1) is 11.4. The molecule has 1 aliphatic heterocycles. The minimum Gasteiger partial charge on any atom is -0.379 e. The molecule has 0 amide bonds. The maximum atomic E-state index is 11.4. The standard InChI is InChI=1S/C11H19NO2S/c1-10(13)15-11(4-2-3-5-11)12-6-8-14-9-7-12/h2-9H2,1H3. The van der Waals surface area contributed by atoms with Crippen LogP contribution in [-0.2, 0) is 9.53 Å². The first-order valence-electron chi connectivity index (χ1n) is 5.75. The molecule has 0 bridgehead atoms. The van der Waals surface area contributed by atoms with Crippen molar-refractivity contribution in [3.8, 4) is 0 Å². The molecule has 3 nitrogen and oxygen atoms in total. The molecule has 1 aliphatic carbocycles. The molecule has 0 N–H and O–H groups in total. The second-order valence-electron chi connectivity index (χ2n) is 4.35. The Kier molecular flexibility index (Phi) is 3.69. The SMILES string of the molecule is CC(=O)SC1(N2CCOCC2)CCCC1. The van der Waals surface area contributed by atoms with Gasteiger partial charge in [-0.25, -0.2) is 0 Å². The maximum Gasteiger partial charge on any atom is 0.187 e. The molecular weight excluding hydrogens is 210 g/mol. The molecule has 1 saturated carbocycles. The van der Waals surface area contributed by atoms with Crippen molar-refractivity contribution in [3.05, 3.63) is 0 Å². The van der Waals surface area contributed by atoms with Crippen LogP contribution in [0.3, 0.4) is 0 Å². The van der Waals surface area contributed by atoms with Gasteiger partial charge in [0.05, 0.1) is 18.1 Å². The molecule has 0 aromatic heterocycles. The molecular formula is C11H19NO2S. The predicted molar refractivity (Wildman–Crippen MR) is 61.9 cm³/mol. The van der Waals surface area contributed by atoms with Gasteiger partial charge in [0.2, 0.25) is 0 Å². The van der Waals surface area contributed by atoms with Crippen LogP contribution in [0.1, 0.15) is 32.6 Å². The molecule has 0 aromatic carbocycles. The van der Waals surface area contributed by atoms with Crippen molar-refractivity contribution in [2.45, 2.75) is 37.5 Å². The highest BCUT2D eigenvalue weighted by Crippen LogP contribution is 2.44. The molecule has 4 heteroatoms. The van der Waals surface area contributed by atoms with E-state index in [0.717, 1.165) is 39.1 Å². The molecule has 0 atom stereocenters. The van der Waals surface area contributed by atoms with Crippen molar-refractivity contribution in [2.24, 2.45) is 0 Å². The third-order valence-electron chi connectivity index (χ3n) is 3.31. The normalized spacial score (nSPS) is 26.7. The van der Waals surface area contributed by atoms with Crippen LogP contribution >= 0.6 is 11.8 Å². The van der Waals surface area contributed by atoms with E-state index in [1.807, 2.05) is 0 Å². The fourth-order valence-electron chi connectivity index (χ4n) is 2.65. The van der Waals surface area contributed by atoms with E-state index in [0.29, 0.717) is 0 Å². The van der Waals surface area contributed by atoms with Crippen LogP contribution in [0.15, 0.2) is 0 Å². The van der Waals surface area contributed by atoms with Gasteiger partial charge in [0.1, 0.15) is 0 Å². The number of ether oxygens (including phenoxy) is 1. The van der Waals surface area contributed by atoms with Gasteiger partial charge in [-0.1, -0.05) is 24.6 Å². The zero-order chi connectivity index (χ0) is 10.7. The number of carbonyl (C=O) groups is 1. The maximum absolute atomic E-state index is 11.4. The second-order valence-corrected chi connectivity index (χ2v) is 5.89.